The van der Waals surface area contributed by atoms with Crippen molar-refractivity contribution < 1.29 is 4.74 Å². The molecule has 0 unspecified atom stereocenters. The molecular formula is C12H17NO. The van der Waals surface area contributed by atoms with Gasteiger partial charge in [0.15, 0.2) is 0 Å². The van der Waals surface area contributed by atoms with Crippen molar-refractivity contribution in [3.63, 3.8) is 0 Å². The zero-order valence-corrected chi connectivity index (χ0v) is 8.84. The van der Waals surface area contributed by atoms with E-state index in [2.05, 4.69) is 19.1 Å². The summed E-state index contributed by atoms with van der Waals surface area (Å²) >= 11 is 0. The van der Waals surface area contributed by atoms with Gasteiger partial charge >= 0.3 is 0 Å². The largest absolute Gasteiger partial charge is 0.496 e. The summed E-state index contributed by atoms with van der Waals surface area (Å²) < 4.78 is 5.33. The lowest BCUT2D eigenvalue weighted by Crippen LogP contribution is -2.19. The number of benzene rings is 1. The summed E-state index contributed by atoms with van der Waals surface area (Å²) in [5.41, 5.74) is 8.60. The molecule has 0 amide bonds. The second-order valence-corrected chi connectivity index (χ2v) is 4.04. The van der Waals surface area contributed by atoms with Crippen molar-refractivity contribution in [1.29, 1.82) is 0 Å². The van der Waals surface area contributed by atoms with Gasteiger partial charge in [0.05, 0.1) is 7.11 Å². The van der Waals surface area contributed by atoms with E-state index in [9.17, 15) is 0 Å². The summed E-state index contributed by atoms with van der Waals surface area (Å²) in [6.07, 6.45) is 3.21. The highest BCUT2D eigenvalue weighted by molar-refractivity contribution is 5.44. The number of nitrogens with two attached hydrogens (primary N) is 1. The number of hydrogen-bond acceptors (Lipinski definition) is 2. The molecule has 2 rings (SSSR count). The van der Waals surface area contributed by atoms with E-state index in [-0.39, 0.29) is 5.54 Å². The first-order valence-corrected chi connectivity index (χ1v) is 5.16. The van der Waals surface area contributed by atoms with Crippen LogP contribution in [0.4, 0.5) is 0 Å². The van der Waals surface area contributed by atoms with Crippen LogP contribution in [0.1, 0.15) is 30.9 Å². The van der Waals surface area contributed by atoms with E-state index >= 15 is 0 Å². The second-order valence-electron chi connectivity index (χ2n) is 4.04. The maximum absolute atomic E-state index is 6.19. The van der Waals surface area contributed by atoms with Crippen LogP contribution in [0.25, 0.3) is 0 Å². The number of ether oxygens (including phenoxy) is 1. The Hall–Kier alpha value is -1.02. The molecule has 0 atom stereocenters. The molecule has 2 heteroatoms. The van der Waals surface area contributed by atoms with Crippen LogP contribution in [0.3, 0.4) is 0 Å². The Balaban J connectivity index is 2.43. The number of rotatable bonds is 3. The highest BCUT2D eigenvalue weighted by atomic mass is 16.5. The predicted molar refractivity (Wildman–Crippen MR) is 57.5 cm³/mol. The summed E-state index contributed by atoms with van der Waals surface area (Å²) in [7, 11) is 1.70. The van der Waals surface area contributed by atoms with Gasteiger partial charge in [-0.1, -0.05) is 19.1 Å². The first-order chi connectivity index (χ1) is 6.69. The van der Waals surface area contributed by atoms with Crippen LogP contribution in [0.5, 0.6) is 5.75 Å². The molecule has 1 saturated carbocycles. The Morgan fingerprint density at radius 2 is 2.14 bits per heavy atom. The average molecular weight is 191 g/mol. The molecule has 0 aliphatic heterocycles. The van der Waals surface area contributed by atoms with Crippen molar-refractivity contribution in [3.8, 4) is 5.75 Å². The molecule has 2 nitrogen and oxygen atoms in total. The highest BCUT2D eigenvalue weighted by Crippen LogP contribution is 2.46. The van der Waals surface area contributed by atoms with Gasteiger partial charge in [-0.2, -0.15) is 0 Å². The van der Waals surface area contributed by atoms with Gasteiger partial charge < -0.3 is 10.5 Å². The summed E-state index contributed by atoms with van der Waals surface area (Å²) in [4.78, 5) is 0. The molecule has 2 N–H and O–H groups in total. The third-order valence-electron chi connectivity index (χ3n) is 3.00. The monoisotopic (exact) mass is 191 g/mol. The summed E-state index contributed by atoms with van der Waals surface area (Å²) in [6, 6.07) is 6.32. The van der Waals surface area contributed by atoms with Gasteiger partial charge in [0.2, 0.25) is 0 Å². The van der Waals surface area contributed by atoms with E-state index < -0.39 is 0 Å². The van der Waals surface area contributed by atoms with Gasteiger partial charge in [-0.05, 0) is 30.9 Å². The lowest BCUT2D eigenvalue weighted by molar-refractivity contribution is 0.404. The van der Waals surface area contributed by atoms with Crippen LogP contribution in [0, 0.1) is 0 Å². The fourth-order valence-corrected chi connectivity index (χ4v) is 1.77. The van der Waals surface area contributed by atoms with Crippen molar-refractivity contribution in [2.45, 2.75) is 31.7 Å². The van der Waals surface area contributed by atoms with E-state index in [1.54, 1.807) is 7.11 Å². The molecular weight excluding hydrogens is 174 g/mol. The molecule has 0 saturated heterocycles. The van der Waals surface area contributed by atoms with Gasteiger partial charge in [-0.25, -0.2) is 0 Å². The van der Waals surface area contributed by atoms with Crippen molar-refractivity contribution >= 4 is 0 Å². The van der Waals surface area contributed by atoms with Crippen molar-refractivity contribution in [2.75, 3.05) is 7.11 Å². The van der Waals surface area contributed by atoms with Gasteiger partial charge in [0, 0.05) is 11.1 Å². The molecule has 1 aliphatic carbocycles. The zero-order valence-electron chi connectivity index (χ0n) is 8.84. The van der Waals surface area contributed by atoms with Gasteiger partial charge in [-0.3, -0.25) is 0 Å². The first kappa shape index (κ1) is 9.53. The SMILES string of the molecule is CCc1ccc(OC)c(C2(N)CC2)c1. The molecule has 1 fully saturated rings. The molecule has 14 heavy (non-hydrogen) atoms. The standard InChI is InChI=1S/C12H17NO/c1-3-9-4-5-11(14-2)10(8-9)12(13)6-7-12/h4-5,8H,3,6-7,13H2,1-2H3. The van der Waals surface area contributed by atoms with Crippen LogP contribution >= 0.6 is 0 Å². The Kier molecular flexibility index (Phi) is 2.23. The van der Waals surface area contributed by atoms with E-state index in [1.807, 2.05) is 6.07 Å². The number of aryl methyl sites for hydroxylation is 1. The van der Waals surface area contributed by atoms with E-state index in [1.165, 1.54) is 11.1 Å². The highest BCUT2D eigenvalue weighted by Gasteiger charge is 2.42. The molecule has 0 aromatic heterocycles. The van der Waals surface area contributed by atoms with Crippen LogP contribution in [-0.2, 0) is 12.0 Å². The smallest absolute Gasteiger partial charge is 0.123 e. The Morgan fingerprint density at radius 3 is 2.64 bits per heavy atom. The maximum atomic E-state index is 6.19. The Labute approximate surface area is 85.1 Å². The van der Waals surface area contributed by atoms with E-state index in [0.29, 0.717) is 0 Å². The maximum Gasteiger partial charge on any atom is 0.123 e. The number of methoxy groups -OCH3 is 1. The molecule has 76 valence electrons. The third kappa shape index (κ3) is 1.50. The van der Waals surface area contributed by atoms with Crippen LogP contribution in [-0.4, -0.2) is 7.11 Å². The second kappa shape index (κ2) is 3.28. The van der Waals surface area contributed by atoms with Crippen LogP contribution in [0.2, 0.25) is 0 Å². The van der Waals surface area contributed by atoms with E-state index in [0.717, 1.165) is 25.0 Å². The van der Waals surface area contributed by atoms with Gasteiger partial charge in [0.25, 0.3) is 0 Å². The minimum atomic E-state index is -0.101. The quantitative estimate of drug-likeness (QED) is 0.795. The predicted octanol–water partition coefficient (Wildman–Crippen LogP) is 2.21. The molecule has 0 radical (unpaired) electrons. The summed E-state index contributed by atoms with van der Waals surface area (Å²) in [5.74, 6) is 0.933. The molecule has 0 heterocycles. The topological polar surface area (TPSA) is 35.2 Å². The number of hydrogen-bond donors (Lipinski definition) is 1. The Morgan fingerprint density at radius 1 is 1.43 bits per heavy atom. The zero-order chi connectivity index (χ0) is 10.2. The normalized spacial score (nSPS) is 17.9. The summed E-state index contributed by atoms with van der Waals surface area (Å²) in [5, 5.41) is 0. The molecule has 0 spiro atoms. The van der Waals surface area contributed by atoms with E-state index in [4.69, 9.17) is 10.5 Å². The molecule has 1 aliphatic rings. The van der Waals surface area contributed by atoms with Crippen LogP contribution < -0.4 is 10.5 Å². The van der Waals surface area contributed by atoms with Crippen LogP contribution in [0.15, 0.2) is 18.2 Å². The van der Waals surface area contributed by atoms with Crippen molar-refractivity contribution in [2.24, 2.45) is 5.73 Å². The lowest BCUT2D eigenvalue weighted by atomic mass is 10.0. The van der Waals surface area contributed by atoms with Crippen molar-refractivity contribution in [1.82, 2.24) is 0 Å². The molecule has 0 bridgehead atoms. The third-order valence-corrected chi connectivity index (χ3v) is 3.00. The Bertz CT molecular complexity index is 342. The minimum absolute atomic E-state index is 0.101. The lowest BCUT2D eigenvalue weighted by Gasteiger charge is -2.15. The molecule has 1 aromatic carbocycles. The average Bonchev–Trinajstić information content (AvgIpc) is 2.97. The fraction of sp³-hybridized carbons (Fsp3) is 0.500. The fourth-order valence-electron chi connectivity index (χ4n) is 1.77. The van der Waals surface area contributed by atoms with Crippen molar-refractivity contribution in [3.05, 3.63) is 29.3 Å². The minimum Gasteiger partial charge on any atom is -0.496 e. The summed E-state index contributed by atoms with van der Waals surface area (Å²) in [6.45, 7) is 2.15. The van der Waals surface area contributed by atoms with Gasteiger partial charge in [0.1, 0.15) is 5.75 Å². The van der Waals surface area contributed by atoms with Gasteiger partial charge in [-0.15, -0.1) is 0 Å². The first-order valence-electron chi connectivity index (χ1n) is 5.16. The molecule has 1 aromatic rings.